The number of carbonyl (C=O) groups excluding carboxylic acids is 2. The molecular weight excluding hydrogens is 477 g/mol. The highest BCUT2D eigenvalue weighted by atomic mass is 19.1. The van der Waals surface area contributed by atoms with Gasteiger partial charge in [-0.2, -0.15) is 0 Å². The number of ketones is 1. The van der Waals surface area contributed by atoms with Crippen LogP contribution in [0.1, 0.15) is 55.7 Å². The molecule has 0 spiro atoms. The summed E-state index contributed by atoms with van der Waals surface area (Å²) in [5.74, 6) is -0.676. The molecule has 0 radical (unpaired) electrons. The molecular formula is C32H36FN3O2. The molecule has 1 aliphatic heterocycles. The first-order valence-corrected chi connectivity index (χ1v) is 13.7. The smallest absolute Gasteiger partial charge is 0.229 e. The van der Waals surface area contributed by atoms with E-state index in [1.165, 1.54) is 6.07 Å². The fourth-order valence-corrected chi connectivity index (χ4v) is 6.33. The Bertz CT molecular complexity index is 1300. The Hall–Kier alpha value is -3.51. The summed E-state index contributed by atoms with van der Waals surface area (Å²) in [6.07, 6.45) is 2.60. The Morgan fingerprint density at radius 2 is 1.76 bits per heavy atom. The molecule has 2 aliphatic rings. The van der Waals surface area contributed by atoms with Gasteiger partial charge < -0.3 is 10.6 Å². The van der Waals surface area contributed by atoms with Crippen LogP contribution in [-0.4, -0.2) is 36.2 Å². The lowest BCUT2D eigenvalue weighted by molar-refractivity contribution is -0.135. The average Bonchev–Trinajstić information content (AvgIpc) is 3.06. The molecule has 2 N–H and O–H groups in total. The van der Waals surface area contributed by atoms with Gasteiger partial charge in [-0.1, -0.05) is 48.5 Å². The maximum Gasteiger partial charge on any atom is 0.229 e. The van der Waals surface area contributed by atoms with E-state index >= 15 is 0 Å². The lowest BCUT2D eigenvalue weighted by Gasteiger charge is -2.47. The van der Waals surface area contributed by atoms with Gasteiger partial charge in [0.15, 0.2) is 5.78 Å². The Kier molecular flexibility index (Phi) is 7.61. The third-order valence-corrected chi connectivity index (χ3v) is 8.33. The van der Waals surface area contributed by atoms with E-state index in [0.29, 0.717) is 26.1 Å². The van der Waals surface area contributed by atoms with Gasteiger partial charge in [-0.05, 0) is 80.0 Å². The molecule has 38 heavy (non-hydrogen) atoms. The molecule has 5 rings (SSSR count). The van der Waals surface area contributed by atoms with Crippen molar-refractivity contribution in [1.29, 1.82) is 0 Å². The van der Waals surface area contributed by atoms with Crippen molar-refractivity contribution in [3.63, 3.8) is 0 Å². The topological polar surface area (TPSA) is 61.4 Å². The number of para-hydroxylation sites is 1. The van der Waals surface area contributed by atoms with Gasteiger partial charge in [0.25, 0.3) is 0 Å². The molecule has 1 aliphatic carbocycles. The maximum atomic E-state index is 14.9. The van der Waals surface area contributed by atoms with E-state index in [0.717, 1.165) is 47.3 Å². The highest BCUT2D eigenvalue weighted by molar-refractivity contribution is 5.94. The van der Waals surface area contributed by atoms with Crippen LogP contribution in [0.25, 0.3) is 0 Å². The summed E-state index contributed by atoms with van der Waals surface area (Å²) in [4.78, 5) is 29.7. The predicted octanol–water partition coefficient (Wildman–Crippen LogP) is 6.12. The van der Waals surface area contributed by atoms with Crippen LogP contribution < -0.4 is 10.6 Å². The van der Waals surface area contributed by atoms with Crippen molar-refractivity contribution < 1.29 is 14.0 Å². The molecule has 1 fully saturated rings. The molecule has 3 aromatic carbocycles. The van der Waals surface area contributed by atoms with Crippen LogP contribution in [-0.2, 0) is 21.5 Å². The SMILES string of the molecule is CCNc1cc(F)cc2c1CCCC(=O)[C@@]2(C)N1CC[C@@H](c2ccccc2)[C@@H](C(=O)Nc2ccccc2)C1. The number of Topliss-reactive ketones (excluding diaryl/α,β-unsaturated/α-hetero) is 1. The first kappa shape index (κ1) is 26.1. The second-order valence-corrected chi connectivity index (χ2v) is 10.6. The van der Waals surface area contributed by atoms with Crippen molar-refractivity contribution in [3.8, 4) is 0 Å². The summed E-state index contributed by atoms with van der Waals surface area (Å²) in [6.45, 7) is 5.65. The summed E-state index contributed by atoms with van der Waals surface area (Å²) >= 11 is 0. The maximum absolute atomic E-state index is 14.9. The summed E-state index contributed by atoms with van der Waals surface area (Å²) in [5, 5.41) is 6.41. The molecule has 5 nitrogen and oxygen atoms in total. The van der Waals surface area contributed by atoms with Crippen LogP contribution in [0.5, 0.6) is 0 Å². The number of nitrogens with one attached hydrogen (secondary N) is 2. The number of anilines is 2. The third-order valence-electron chi connectivity index (χ3n) is 8.33. The predicted molar refractivity (Wildman–Crippen MR) is 150 cm³/mol. The third kappa shape index (κ3) is 4.97. The van der Waals surface area contributed by atoms with Crippen LogP contribution in [0.2, 0.25) is 0 Å². The van der Waals surface area contributed by atoms with Crippen molar-refractivity contribution in [2.75, 3.05) is 30.3 Å². The minimum absolute atomic E-state index is 0.0185. The number of halogens is 1. The molecule has 0 unspecified atom stereocenters. The minimum Gasteiger partial charge on any atom is -0.385 e. The Morgan fingerprint density at radius 1 is 1.05 bits per heavy atom. The Labute approximate surface area is 224 Å². The summed E-state index contributed by atoms with van der Waals surface area (Å²) in [6, 6.07) is 22.7. The molecule has 3 aromatic rings. The van der Waals surface area contributed by atoms with E-state index in [9.17, 15) is 14.0 Å². The quantitative estimate of drug-likeness (QED) is 0.390. The normalized spacial score (nSPS) is 23.8. The van der Waals surface area contributed by atoms with Gasteiger partial charge in [-0.25, -0.2) is 4.39 Å². The Balaban J connectivity index is 1.54. The standard InChI is InChI=1S/C32H36FN3O2/c1-3-34-29-20-23(33)19-28-26(29)15-10-16-30(37)32(28,2)36-18-17-25(22-11-6-4-7-12-22)27(21-36)31(38)35-24-13-8-5-9-14-24/h4-9,11-14,19-20,25,27,34H,3,10,15-18,21H2,1-2H3,(H,35,38)/t25-,27-,32-/m0/s1. The fourth-order valence-electron chi connectivity index (χ4n) is 6.33. The van der Waals surface area contributed by atoms with Gasteiger partial charge in [0.1, 0.15) is 11.4 Å². The zero-order valence-corrected chi connectivity index (χ0v) is 22.2. The molecule has 0 saturated carbocycles. The van der Waals surface area contributed by atoms with Crippen molar-refractivity contribution in [1.82, 2.24) is 4.90 Å². The molecule has 0 aromatic heterocycles. The van der Waals surface area contributed by atoms with Crippen LogP contribution >= 0.6 is 0 Å². The van der Waals surface area contributed by atoms with E-state index in [2.05, 4.69) is 27.7 Å². The van der Waals surface area contributed by atoms with E-state index in [-0.39, 0.29) is 29.3 Å². The van der Waals surface area contributed by atoms with E-state index in [4.69, 9.17) is 0 Å². The molecule has 3 atom stereocenters. The molecule has 1 amide bonds. The van der Waals surface area contributed by atoms with E-state index in [1.54, 1.807) is 6.07 Å². The molecule has 198 valence electrons. The van der Waals surface area contributed by atoms with Crippen LogP contribution in [0.15, 0.2) is 72.8 Å². The lowest BCUT2D eigenvalue weighted by atomic mass is 9.75. The van der Waals surface area contributed by atoms with Gasteiger partial charge in [0, 0.05) is 37.4 Å². The molecule has 6 heteroatoms. The summed E-state index contributed by atoms with van der Waals surface area (Å²) in [7, 11) is 0. The second kappa shape index (κ2) is 11.1. The molecule has 1 heterocycles. The minimum atomic E-state index is -1.01. The van der Waals surface area contributed by atoms with Crippen LogP contribution in [0.4, 0.5) is 15.8 Å². The number of likely N-dealkylation sites (tertiary alicyclic amines) is 1. The number of amides is 1. The van der Waals surface area contributed by atoms with Gasteiger partial charge in [-0.15, -0.1) is 0 Å². The number of benzene rings is 3. The summed E-state index contributed by atoms with van der Waals surface area (Å²) in [5.41, 5.74) is 3.37. The molecule has 1 saturated heterocycles. The highest BCUT2D eigenvalue weighted by Crippen LogP contribution is 2.44. The number of hydrogen-bond donors (Lipinski definition) is 2. The highest BCUT2D eigenvalue weighted by Gasteiger charge is 2.48. The van der Waals surface area contributed by atoms with Gasteiger partial charge in [0.2, 0.25) is 5.91 Å². The van der Waals surface area contributed by atoms with Crippen molar-refractivity contribution in [2.45, 2.75) is 51.0 Å². The van der Waals surface area contributed by atoms with Gasteiger partial charge in [0.05, 0.1) is 5.92 Å². The van der Waals surface area contributed by atoms with Crippen LogP contribution in [0.3, 0.4) is 0 Å². The number of piperidine rings is 1. The van der Waals surface area contributed by atoms with Gasteiger partial charge >= 0.3 is 0 Å². The number of nitrogens with zero attached hydrogens (tertiary/aromatic N) is 1. The number of carbonyl (C=O) groups is 2. The second-order valence-electron chi connectivity index (χ2n) is 10.6. The Morgan fingerprint density at radius 3 is 2.47 bits per heavy atom. The average molecular weight is 514 g/mol. The van der Waals surface area contributed by atoms with E-state index in [1.807, 2.05) is 62.4 Å². The number of rotatable bonds is 6. The van der Waals surface area contributed by atoms with Crippen molar-refractivity contribution >= 4 is 23.1 Å². The number of hydrogen-bond acceptors (Lipinski definition) is 4. The zero-order chi connectivity index (χ0) is 26.7. The van der Waals surface area contributed by atoms with Crippen molar-refractivity contribution in [2.24, 2.45) is 5.92 Å². The fraction of sp³-hybridized carbons (Fsp3) is 0.375. The number of fused-ring (bicyclic) bond motifs is 1. The largest absolute Gasteiger partial charge is 0.385 e. The molecule has 0 bridgehead atoms. The van der Waals surface area contributed by atoms with Crippen molar-refractivity contribution in [3.05, 3.63) is 95.3 Å². The lowest BCUT2D eigenvalue weighted by Crippen LogP contribution is -2.56. The first-order valence-electron chi connectivity index (χ1n) is 13.7. The summed E-state index contributed by atoms with van der Waals surface area (Å²) < 4.78 is 14.9. The monoisotopic (exact) mass is 513 g/mol. The van der Waals surface area contributed by atoms with E-state index < -0.39 is 5.54 Å². The van der Waals surface area contributed by atoms with Crippen LogP contribution in [0, 0.1) is 11.7 Å². The van der Waals surface area contributed by atoms with Gasteiger partial charge in [-0.3, -0.25) is 14.5 Å². The first-order chi connectivity index (χ1) is 18.4. The zero-order valence-electron chi connectivity index (χ0n) is 22.2.